The summed E-state index contributed by atoms with van der Waals surface area (Å²) in [6.07, 6.45) is -0.190. The summed E-state index contributed by atoms with van der Waals surface area (Å²) in [7, 11) is 1.81. The number of alkyl halides is 3. The highest BCUT2D eigenvalue weighted by molar-refractivity contribution is 5.40. The fourth-order valence-electron chi connectivity index (χ4n) is 2.92. The minimum Gasteiger partial charge on any atom is -0.356 e. The van der Waals surface area contributed by atoms with Crippen LogP contribution in [0, 0.1) is 5.92 Å². The highest BCUT2D eigenvalue weighted by atomic mass is 19.4. The molecule has 1 aliphatic carbocycles. The highest BCUT2D eigenvalue weighted by Gasteiger charge is 2.34. The van der Waals surface area contributed by atoms with Gasteiger partial charge in [0.2, 0.25) is 0 Å². The van der Waals surface area contributed by atoms with Crippen LogP contribution in [0.3, 0.4) is 0 Å². The Labute approximate surface area is 117 Å². The molecule has 2 N–H and O–H groups in total. The van der Waals surface area contributed by atoms with Crippen molar-refractivity contribution in [3.05, 3.63) is 23.9 Å². The third-order valence-electron chi connectivity index (χ3n) is 4.06. The van der Waals surface area contributed by atoms with Gasteiger partial charge >= 0.3 is 6.18 Å². The lowest BCUT2D eigenvalue weighted by Gasteiger charge is -2.38. The van der Waals surface area contributed by atoms with E-state index in [-0.39, 0.29) is 6.04 Å². The van der Waals surface area contributed by atoms with E-state index in [1.54, 1.807) is 13.1 Å². The van der Waals surface area contributed by atoms with Gasteiger partial charge in [0.25, 0.3) is 0 Å². The Morgan fingerprint density at radius 3 is 2.65 bits per heavy atom. The van der Waals surface area contributed by atoms with Crippen LogP contribution in [0.5, 0.6) is 0 Å². The van der Waals surface area contributed by atoms with E-state index in [2.05, 4.69) is 4.98 Å². The van der Waals surface area contributed by atoms with Gasteiger partial charge < -0.3 is 10.6 Å². The van der Waals surface area contributed by atoms with Crippen molar-refractivity contribution >= 4 is 5.82 Å². The number of nitrogens with zero attached hydrogens (tertiary/aromatic N) is 2. The van der Waals surface area contributed by atoms with Crippen LogP contribution in [-0.2, 0) is 6.18 Å². The van der Waals surface area contributed by atoms with Crippen molar-refractivity contribution in [3.63, 3.8) is 0 Å². The molecule has 0 aliphatic heterocycles. The van der Waals surface area contributed by atoms with Crippen LogP contribution in [0.25, 0.3) is 0 Å². The Morgan fingerprint density at radius 1 is 1.30 bits per heavy atom. The number of anilines is 1. The van der Waals surface area contributed by atoms with Crippen LogP contribution >= 0.6 is 0 Å². The zero-order chi connectivity index (χ0) is 14.8. The Morgan fingerprint density at radius 2 is 2.00 bits per heavy atom. The summed E-state index contributed by atoms with van der Waals surface area (Å²) in [5.74, 6) is 0.690. The minimum atomic E-state index is -4.41. The second kappa shape index (κ2) is 5.99. The number of halogens is 3. The standard InChI is InChI=1S/C14H20F3N3/c1-20(11-6-3-2-5-10(11)9-18)13-8-4-7-12(19-13)14(15,16)17/h4,7-8,10-11H,2-3,5-6,9,18H2,1H3. The van der Waals surface area contributed by atoms with Crippen molar-refractivity contribution in [2.45, 2.75) is 37.9 Å². The first-order valence-corrected chi connectivity index (χ1v) is 6.90. The fraction of sp³-hybridized carbons (Fsp3) is 0.643. The maximum absolute atomic E-state index is 12.7. The maximum atomic E-state index is 12.7. The van der Waals surface area contributed by atoms with Crippen molar-refractivity contribution in [1.29, 1.82) is 0 Å². The SMILES string of the molecule is CN(c1cccc(C(F)(F)F)n1)C1CCCCC1CN. The number of pyridine rings is 1. The lowest BCUT2D eigenvalue weighted by molar-refractivity contribution is -0.141. The molecule has 20 heavy (non-hydrogen) atoms. The molecule has 0 aromatic carbocycles. The molecule has 1 heterocycles. The third-order valence-corrected chi connectivity index (χ3v) is 4.06. The average Bonchev–Trinajstić information content (AvgIpc) is 2.45. The molecule has 0 amide bonds. The molecule has 2 atom stereocenters. The van der Waals surface area contributed by atoms with E-state index in [1.165, 1.54) is 6.07 Å². The zero-order valence-corrected chi connectivity index (χ0v) is 11.5. The molecular weight excluding hydrogens is 267 g/mol. The normalized spacial score (nSPS) is 23.6. The predicted molar refractivity (Wildman–Crippen MR) is 72.4 cm³/mol. The maximum Gasteiger partial charge on any atom is 0.433 e. The highest BCUT2D eigenvalue weighted by Crippen LogP contribution is 2.32. The summed E-state index contributed by atoms with van der Waals surface area (Å²) in [6.45, 7) is 0.563. The molecule has 6 heteroatoms. The van der Waals surface area contributed by atoms with Crippen molar-refractivity contribution < 1.29 is 13.2 Å². The van der Waals surface area contributed by atoms with Crippen molar-refractivity contribution in [3.8, 4) is 0 Å². The van der Waals surface area contributed by atoms with E-state index in [0.29, 0.717) is 18.3 Å². The van der Waals surface area contributed by atoms with Crippen molar-refractivity contribution in [1.82, 2.24) is 4.98 Å². The van der Waals surface area contributed by atoms with E-state index in [1.807, 2.05) is 4.90 Å². The molecule has 0 radical (unpaired) electrons. The van der Waals surface area contributed by atoms with Crippen LogP contribution in [-0.4, -0.2) is 24.6 Å². The Kier molecular flexibility index (Phi) is 4.52. The van der Waals surface area contributed by atoms with Gasteiger partial charge in [-0.05, 0) is 37.4 Å². The van der Waals surface area contributed by atoms with Gasteiger partial charge in [-0.1, -0.05) is 18.9 Å². The summed E-state index contributed by atoms with van der Waals surface area (Å²) >= 11 is 0. The molecule has 1 aromatic heterocycles. The summed E-state index contributed by atoms with van der Waals surface area (Å²) in [6, 6.07) is 4.20. The first kappa shape index (κ1) is 15.1. The second-order valence-electron chi connectivity index (χ2n) is 5.34. The van der Waals surface area contributed by atoms with Crippen LogP contribution in [0.4, 0.5) is 19.0 Å². The molecule has 1 saturated carbocycles. The van der Waals surface area contributed by atoms with Gasteiger partial charge in [0, 0.05) is 13.1 Å². The van der Waals surface area contributed by atoms with Crippen molar-refractivity contribution in [2.75, 3.05) is 18.5 Å². The molecule has 0 saturated heterocycles. The van der Waals surface area contributed by atoms with E-state index >= 15 is 0 Å². The van der Waals surface area contributed by atoms with Gasteiger partial charge in [0.15, 0.2) is 0 Å². The number of hydrogen-bond donors (Lipinski definition) is 1. The summed E-state index contributed by atoms with van der Waals surface area (Å²) in [4.78, 5) is 5.60. The molecule has 1 aliphatic rings. The van der Waals surface area contributed by atoms with E-state index in [0.717, 1.165) is 31.7 Å². The molecule has 3 nitrogen and oxygen atoms in total. The number of rotatable bonds is 3. The van der Waals surface area contributed by atoms with E-state index < -0.39 is 11.9 Å². The number of hydrogen-bond acceptors (Lipinski definition) is 3. The van der Waals surface area contributed by atoms with E-state index in [9.17, 15) is 13.2 Å². The first-order valence-electron chi connectivity index (χ1n) is 6.90. The molecule has 1 fully saturated rings. The molecule has 0 spiro atoms. The van der Waals surface area contributed by atoms with Gasteiger partial charge in [-0.15, -0.1) is 0 Å². The van der Waals surface area contributed by atoms with Gasteiger partial charge in [-0.3, -0.25) is 0 Å². The van der Waals surface area contributed by atoms with Crippen molar-refractivity contribution in [2.24, 2.45) is 11.7 Å². The lowest BCUT2D eigenvalue weighted by atomic mass is 9.84. The Hall–Kier alpha value is -1.30. The molecule has 2 unspecified atom stereocenters. The predicted octanol–water partition coefficient (Wildman–Crippen LogP) is 3.05. The smallest absolute Gasteiger partial charge is 0.356 e. The summed E-state index contributed by atoms with van der Waals surface area (Å²) < 4.78 is 38.1. The fourth-order valence-corrected chi connectivity index (χ4v) is 2.92. The number of nitrogens with two attached hydrogens (primary N) is 1. The van der Waals surface area contributed by atoms with Gasteiger partial charge in [0.05, 0.1) is 0 Å². The third kappa shape index (κ3) is 3.23. The minimum absolute atomic E-state index is 0.171. The lowest BCUT2D eigenvalue weighted by Crippen LogP contribution is -2.43. The van der Waals surface area contributed by atoms with Crippen LogP contribution < -0.4 is 10.6 Å². The summed E-state index contributed by atoms with van der Waals surface area (Å²) in [5.41, 5.74) is 4.94. The zero-order valence-electron chi connectivity index (χ0n) is 11.5. The van der Waals surface area contributed by atoms with Gasteiger partial charge in [-0.2, -0.15) is 13.2 Å². The second-order valence-corrected chi connectivity index (χ2v) is 5.34. The van der Waals surface area contributed by atoms with Gasteiger partial charge in [0.1, 0.15) is 11.5 Å². The molecule has 112 valence electrons. The van der Waals surface area contributed by atoms with E-state index in [4.69, 9.17) is 5.73 Å². The Bertz CT molecular complexity index is 448. The van der Waals surface area contributed by atoms with Crippen LogP contribution in [0.1, 0.15) is 31.4 Å². The Balaban J connectivity index is 2.21. The molecule has 0 bridgehead atoms. The topological polar surface area (TPSA) is 42.2 Å². The first-order chi connectivity index (χ1) is 9.43. The molecular formula is C14H20F3N3. The average molecular weight is 287 g/mol. The van der Waals surface area contributed by atoms with Crippen LogP contribution in [0.15, 0.2) is 18.2 Å². The van der Waals surface area contributed by atoms with Crippen LogP contribution in [0.2, 0.25) is 0 Å². The molecule has 2 rings (SSSR count). The summed E-state index contributed by atoms with van der Waals surface area (Å²) in [5, 5.41) is 0. The largest absolute Gasteiger partial charge is 0.433 e. The van der Waals surface area contributed by atoms with Gasteiger partial charge in [-0.25, -0.2) is 4.98 Å². The molecule has 1 aromatic rings. The number of aromatic nitrogens is 1. The quantitative estimate of drug-likeness (QED) is 0.929. The monoisotopic (exact) mass is 287 g/mol.